The van der Waals surface area contributed by atoms with Gasteiger partial charge in [0.25, 0.3) is 0 Å². The van der Waals surface area contributed by atoms with E-state index in [1.165, 1.54) is 12.8 Å². The van der Waals surface area contributed by atoms with Gasteiger partial charge in [0, 0.05) is 13.2 Å². The second-order valence-corrected chi connectivity index (χ2v) is 4.16. The Morgan fingerprint density at radius 2 is 2.29 bits per heavy atom. The number of hydrogen-bond donors (Lipinski definition) is 2. The number of ether oxygens (including phenoxy) is 1. The van der Waals surface area contributed by atoms with Crippen molar-refractivity contribution in [3.05, 3.63) is 0 Å². The lowest BCUT2D eigenvalue weighted by Crippen LogP contribution is -2.48. The van der Waals surface area contributed by atoms with Crippen LogP contribution in [0.25, 0.3) is 0 Å². The van der Waals surface area contributed by atoms with Gasteiger partial charge in [-0.3, -0.25) is 4.79 Å². The number of hydrogen-bond acceptors (Lipinski definition) is 3. The summed E-state index contributed by atoms with van der Waals surface area (Å²) in [6.45, 7) is 2.98. The molecule has 0 aromatic carbocycles. The van der Waals surface area contributed by atoms with Gasteiger partial charge >= 0.3 is 5.97 Å². The van der Waals surface area contributed by atoms with Crippen LogP contribution >= 0.6 is 0 Å². The fourth-order valence-electron chi connectivity index (χ4n) is 1.15. The molecule has 1 atom stereocenters. The molecule has 0 amide bonds. The summed E-state index contributed by atoms with van der Waals surface area (Å²) >= 11 is 0. The normalized spacial score (nSPS) is 20.4. The van der Waals surface area contributed by atoms with Crippen LogP contribution in [0, 0.1) is 5.92 Å². The van der Waals surface area contributed by atoms with E-state index in [1.54, 1.807) is 14.0 Å². The molecule has 82 valence electrons. The minimum Gasteiger partial charge on any atom is -0.480 e. The van der Waals surface area contributed by atoms with Crippen LogP contribution < -0.4 is 5.32 Å². The molecule has 1 unspecified atom stereocenters. The van der Waals surface area contributed by atoms with Gasteiger partial charge in [0.2, 0.25) is 0 Å². The molecule has 1 aliphatic rings. The van der Waals surface area contributed by atoms with Gasteiger partial charge in [-0.05, 0) is 39.2 Å². The second-order valence-electron chi connectivity index (χ2n) is 4.16. The number of carboxylic acids is 1. The molecule has 2 N–H and O–H groups in total. The molecule has 1 fully saturated rings. The highest BCUT2D eigenvalue weighted by molar-refractivity contribution is 5.78. The monoisotopic (exact) mass is 201 g/mol. The molecule has 1 aliphatic carbocycles. The molecule has 0 spiro atoms. The molecule has 1 rings (SSSR count). The van der Waals surface area contributed by atoms with Crippen molar-refractivity contribution in [2.75, 3.05) is 20.3 Å². The predicted octanol–water partition coefficient (Wildman–Crippen LogP) is 0.866. The number of aliphatic carboxylic acids is 1. The largest absolute Gasteiger partial charge is 0.480 e. The average Bonchev–Trinajstić information content (AvgIpc) is 2.95. The van der Waals surface area contributed by atoms with Gasteiger partial charge < -0.3 is 15.2 Å². The highest BCUT2D eigenvalue weighted by Crippen LogP contribution is 2.28. The lowest BCUT2D eigenvalue weighted by atomic mass is 9.99. The maximum atomic E-state index is 10.9. The van der Waals surface area contributed by atoms with Crippen LogP contribution in [0.4, 0.5) is 0 Å². The Bertz CT molecular complexity index is 204. The number of likely N-dealkylation sites (N-methyl/N-ethyl adjacent to an activating group) is 1. The Labute approximate surface area is 84.6 Å². The van der Waals surface area contributed by atoms with Gasteiger partial charge in [-0.25, -0.2) is 0 Å². The van der Waals surface area contributed by atoms with Gasteiger partial charge in [0.15, 0.2) is 0 Å². The number of rotatable bonds is 7. The van der Waals surface area contributed by atoms with Crippen molar-refractivity contribution in [1.29, 1.82) is 0 Å². The van der Waals surface area contributed by atoms with Crippen molar-refractivity contribution in [3.8, 4) is 0 Å². The minimum absolute atomic E-state index is 0.506. The highest BCUT2D eigenvalue weighted by atomic mass is 16.5. The predicted molar refractivity (Wildman–Crippen MR) is 53.3 cm³/mol. The molecular weight excluding hydrogens is 182 g/mol. The van der Waals surface area contributed by atoms with Gasteiger partial charge in [-0.2, -0.15) is 0 Å². The van der Waals surface area contributed by atoms with E-state index in [0.29, 0.717) is 13.0 Å². The van der Waals surface area contributed by atoms with Gasteiger partial charge in [-0.1, -0.05) is 0 Å². The summed E-state index contributed by atoms with van der Waals surface area (Å²) in [5, 5.41) is 11.7. The Balaban J connectivity index is 2.15. The van der Waals surface area contributed by atoms with Crippen molar-refractivity contribution in [1.82, 2.24) is 5.32 Å². The molecule has 0 saturated heterocycles. The van der Waals surface area contributed by atoms with Crippen LogP contribution in [0.15, 0.2) is 0 Å². The zero-order valence-electron chi connectivity index (χ0n) is 8.88. The summed E-state index contributed by atoms with van der Waals surface area (Å²) in [5.74, 6) is -0.0873. The third-order valence-electron chi connectivity index (χ3n) is 2.82. The van der Waals surface area contributed by atoms with E-state index in [4.69, 9.17) is 9.84 Å². The first-order valence-corrected chi connectivity index (χ1v) is 5.08. The molecular formula is C10H19NO3. The fraction of sp³-hybridized carbons (Fsp3) is 0.900. The van der Waals surface area contributed by atoms with Gasteiger partial charge in [0.1, 0.15) is 5.54 Å². The summed E-state index contributed by atoms with van der Waals surface area (Å²) in [7, 11) is 1.66. The molecule has 0 radical (unpaired) electrons. The molecule has 0 aromatic heterocycles. The molecule has 14 heavy (non-hydrogen) atoms. The Morgan fingerprint density at radius 1 is 1.64 bits per heavy atom. The van der Waals surface area contributed by atoms with E-state index >= 15 is 0 Å². The summed E-state index contributed by atoms with van der Waals surface area (Å²) in [6, 6.07) is 0. The summed E-state index contributed by atoms with van der Waals surface area (Å²) in [5.41, 5.74) is -0.858. The maximum absolute atomic E-state index is 10.9. The smallest absolute Gasteiger partial charge is 0.323 e. The first kappa shape index (κ1) is 11.5. The van der Waals surface area contributed by atoms with Crippen molar-refractivity contribution >= 4 is 5.97 Å². The topological polar surface area (TPSA) is 58.6 Å². The van der Waals surface area contributed by atoms with E-state index in [2.05, 4.69) is 5.32 Å². The molecule has 4 heteroatoms. The van der Waals surface area contributed by atoms with Gasteiger partial charge in [-0.15, -0.1) is 0 Å². The Kier molecular flexibility index (Phi) is 3.89. The van der Waals surface area contributed by atoms with E-state index in [-0.39, 0.29) is 0 Å². The fourth-order valence-corrected chi connectivity index (χ4v) is 1.15. The van der Waals surface area contributed by atoms with Crippen LogP contribution in [0.2, 0.25) is 0 Å². The maximum Gasteiger partial charge on any atom is 0.323 e. The van der Waals surface area contributed by atoms with Crippen LogP contribution in [-0.2, 0) is 9.53 Å². The van der Waals surface area contributed by atoms with E-state index in [9.17, 15) is 4.79 Å². The van der Waals surface area contributed by atoms with E-state index in [0.717, 1.165) is 12.5 Å². The van der Waals surface area contributed by atoms with E-state index in [1.807, 2.05) is 0 Å². The molecule has 1 saturated carbocycles. The first-order valence-electron chi connectivity index (χ1n) is 5.08. The Hall–Kier alpha value is -0.610. The van der Waals surface area contributed by atoms with Crippen molar-refractivity contribution in [2.45, 2.75) is 31.7 Å². The number of carbonyl (C=O) groups is 1. The molecule has 0 heterocycles. The summed E-state index contributed by atoms with van der Waals surface area (Å²) < 4.78 is 5.40. The molecule has 0 aliphatic heterocycles. The first-order chi connectivity index (χ1) is 6.58. The van der Waals surface area contributed by atoms with Crippen molar-refractivity contribution < 1.29 is 14.6 Å². The summed E-state index contributed by atoms with van der Waals surface area (Å²) in [6.07, 6.45) is 3.04. The zero-order valence-corrected chi connectivity index (χ0v) is 8.88. The highest BCUT2D eigenvalue weighted by Gasteiger charge is 2.30. The van der Waals surface area contributed by atoms with Gasteiger partial charge in [0.05, 0.1) is 0 Å². The van der Waals surface area contributed by atoms with Crippen LogP contribution in [0.5, 0.6) is 0 Å². The van der Waals surface area contributed by atoms with E-state index < -0.39 is 11.5 Å². The standard InChI is InChI=1S/C10H19NO3/c1-10(11-2,9(12)13)5-6-14-7-8-3-4-8/h8,11H,3-7H2,1-2H3,(H,12,13). The van der Waals surface area contributed by atoms with Crippen LogP contribution in [0.1, 0.15) is 26.2 Å². The quantitative estimate of drug-likeness (QED) is 0.600. The lowest BCUT2D eigenvalue weighted by Gasteiger charge is -2.23. The van der Waals surface area contributed by atoms with Crippen molar-refractivity contribution in [3.63, 3.8) is 0 Å². The van der Waals surface area contributed by atoms with Crippen LogP contribution in [-0.4, -0.2) is 36.9 Å². The Morgan fingerprint density at radius 3 is 2.71 bits per heavy atom. The summed E-state index contributed by atoms with van der Waals surface area (Å²) in [4.78, 5) is 10.9. The third-order valence-corrected chi connectivity index (χ3v) is 2.82. The minimum atomic E-state index is -0.858. The number of nitrogens with one attached hydrogen (secondary N) is 1. The zero-order chi connectivity index (χ0) is 10.6. The van der Waals surface area contributed by atoms with Crippen molar-refractivity contribution in [2.24, 2.45) is 5.92 Å². The molecule has 0 bridgehead atoms. The number of carboxylic acid groups (broad SMARTS) is 1. The molecule has 4 nitrogen and oxygen atoms in total. The average molecular weight is 201 g/mol. The molecule has 0 aromatic rings. The second kappa shape index (κ2) is 4.75. The SMILES string of the molecule is CNC(C)(CCOCC1CC1)C(=O)O. The van der Waals surface area contributed by atoms with Crippen LogP contribution in [0.3, 0.4) is 0 Å². The third kappa shape index (κ3) is 3.27. The lowest BCUT2D eigenvalue weighted by molar-refractivity contribution is -0.144.